The van der Waals surface area contributed by atoms with E-state index in [1.54, 1.807) is 10.4 Å². The average molecular weight is 461 g/mol. The molecule has 0 bridgehead atoms. The van der Waals surface area contributed by atoms with Crippen LogP contribution in [-0.4, -0.2) is 53.8 Å². The molecule has 0 spiro atoms. The monoisotopic (exact) mass is 460 g/mol. The van der Waals surface area contributed by atoms with Crippen LogP contribution < -0.4 is 5.56 Å². The third-order valence-corrected chi connectivity index (χ3v) is 9.38. The normalized spacial score (nSPS) is 17.3. The Kier molecular flexibility index (Phi) is 5.80. The van der Waals surface area contributed by atoms with E-state index in [4.69, 9.17) is 4.98 Å². The standard InChI is InChI=1S/C22H28N4O3S2/c1-13-6-7-14(2)18(12-13)31(28,29)26-10-8-25(9-11-26)16(4)20-23-21(27)19-15(3)17(5)30-22(19)24-20/h6-7,12,16H,8-11H2,1-5H3,(H,23,24,27). The number of rotatable bonds is 4. The maximum atomic E-state index is 13.2. The molecule has 1 atom stereocenters. The van der Waals surface area contributed by atoms with Crippen LogP contribution in [0.25, 0.3) is 10.2 Å². The van der Waals surface area contributed by atoms with Gasteiger partial charge in [0, 0.05) is 31.1 Å². The summed E-state index contributed by atoms with van der Waals surface area (Å²) in [5.41, 5.74) is 2.57. The van der Waals surface area contributed by atoms with Gasteiger partial charge in [-0.05, 0) is 57.4 Å². The fraction of sp³-hybridized carbons (Fsp3) is 0.455. The molecule has 1 unspecified atom stereocenters. The van der Waals surface area contributed by atoms with E-state index in [1.165, 1.54) is 11.3 Å². The number of hydrogen-bond donors (Lipinski definition) is 1. The lowest BCUT2D eigenvalue weighted by molar-refractivity contribution is 0.141. The van der Waals surface area contributed by atoms with Crippen LogP contribution in [0.4, 0.5) is 0 Å². The second-order valence-electron chi connectivity index (χ2n) is 8.30. The molecule has 3 heterocycles. The summed E-state index contributed by atoms with van der Waals surface area (Å²) < 4.78 is 27.9. The second-order valence-corrected chi connectivity index (χ2v) is 11.4. The fourth-order valence-electron chi connectivity index (χ4n) is 4.10. The Morgan fingerprint density at radius 1 is 1.10 bits per heavy atom. The molecule has 1 N–H and O–H groups in total. The highest BCUT2D eigenvalue weighted by molar-refractivity contribution is 7.89. The highest BCUT2D eigenvalue weighted by Crippen LogP contribution is 2.28. The Hall–Kier alpha value is -2.07. The lowest BCUT2D eigenvalue weighted by atomic mass is 10.2. The van der Waals surface area contributed by atoms with E-state index >= 15 is 0 Å². The molecular weight excluding hydrogens is 432 g/mol. The van der Waals surface area contributed by atoms with Crippen LogP contribution in [0.1, 0.15) is 40.4 Å². The number of hydrogen-bond acceptors (Lipinski definition) is 6. The quantitative estimate of drug-likeness (QED) is 0.646. The summed E-state index contributed by atoms with van der Waals surface area (Å²) in [6.07, 6.45) is 0. The van der Waals surface area contributed by atoms with Crippen molar-refractivity contribution < 1.29 is 8.42 Å². The Bertz CT molecular complexity index is 1300. The molecule has 1 fully saturated rings. The van der Waals surface area contributed by atoms with Crippen LogP contribution in [0.15, 0.2) is 27.9 Å². The first kappa shape index (κ1) is 22.1. The van der Waals surface area contributed by atoms with Gasteiger partial charge in [-0.2, -0.15) is 4.31 Å². The molecule has 4 rings (SSSR count). The van der Waals surface area contributed by atoms with Gasteiger partial charge in [-0.15, -0.1) is 11.3 Å². The number of nitrogens with zero attached hydrogens (tertiary/aromatic N) is 3. The smallest absolute Gasteiger partial charge is 0.259 e. The topological polar surface area (TPSA) is 86.4 Å². The van der Waals surface area contributed by atoms with E-state index in [2.05, 4.69) is 9.88 Å². The second kappa shape index (κ2) is 8.12. The average Bonchev–Trinajstić information content (AvgIpc) is 3.03. The van der Waals surface area contributed by atoms with Gasteiger partial charge < -0.3 is 4.98 Å². The van der Waals surface area contributed by atoms with Crippen LogP contribution in [0.5, 0.6) is 0 Å². The van der Waals surface area contributed by atoms with Gasteiger partial charge in [-0.25, -0.2) is 13.4 Å². The highest BCUT2D eigenvalue weighted by Gasteiger charge is 2.32. The third-order valence-electron chi connectivity index (χ3n) is 6.24. The summed E-state index contributed by atoms with van der Waals surface area (Å²) in [7, 11) is -3.53. The van der Waals surface area contributed by atoms with Crippen molar-refractivity contribution in [3.8, 4) is 0 Å². The van der Waals surface area contributed by atoms with Crippen molar-refractivity contribution >= 4 is 31.6 Å². The molecule has 1 saturated heterocycles. The van der Waals surface area contributed by atoms with Gasteiger partial charge in [0.2, 0.25) is 10.0 Å². The van der Waals surface area contributed by atoms with Gasteiger partial charge in [-0.1, -0.05) is 12.1 Å². The van der Waals surface area contributed by atoms with Gasteiger partial charge in [0.05, 0.1) is 16.3 Å². The molecule has 7 nitrogen and oxygen atoms in total. The van der Waals surface area contributed by atoms with Gasteiger partial charge in [0.15, 0.2) is 0 Å². The summed E-state index contributed by atoms with van der Waals surface area (Å²) >= 11 is 1.54. The zero-order valence-corrected chi connectivity index (χ0v) is 20.2. The Labute approximate surface area is 186 Å². The Morgan fingerprint density at radius 3 is 2.45 bits per heavy atom. The number of thiophene rings is 1. The minimum atomic E-state index is -3.53. The number of aryl methyl sites for hydroxylation is 4. The van der Waals surface area contributed by atoms with Crippen LogP contribution in [0.3, 0.4) is 0 Å². The number of aromatic nitrogens is 2. The number of sulfonamides is 1. The van der Waals surface area contributed by atoms with Crippen molar-refractivity contribution in [1.82, 2.24) is 19.2 Å². The van der Waals surface area contributed by atoms with E-state index in [0.29, 0.717) is 42.3 Å². The minimum Gasteiger partial charge on any atom is -0.309 e. The lowest BCUT2D eigenvalue weighted by Crippen LogP contribution is -2.49. The molecule has 0 amide bonds. The maximum Gasteiger partial charge on any atom is 0.259 e. The van der Waals surface area contributed by atoms with Crippen molar-refractivity contribution in [1.29, 1.82) is 0 Å². The predicted molar refractivity (Wildman–Crippen MR) is 124 cm³/mol. The molecule has 3 aromatic rings. The van der Waals surface area contributed by atoms with Crippen molar-refractivity contribution in [2.24, 2.45) is 0 Å². The maximum absolute atomic E-state index is 13.2. The first-order chi connectivity index (χ1) is 14.6. The molecular formula is C22H28N4O3S2. The number of piperazine rings is 1. The summed E-state index contributed by atoms with van der Waals surface area (Å²) in [5.74, 6) is 0.629. The van der Waals surface area contributed by atoms with Gasteiger partial charge >= 0.3 is 0 Å². The van der Waals surface area contributed by atoms with Gasteiger partial charge in [0.1, 0.15) is 10.7 Å². The predicted octanol–water partition coefficient (Wildman–Crippen LogP) is 3.29. The Balaban J connectivity index is 1.53. The number of aromatic amines is 1. The van der Waals surface area contributed by atoms with Crippen LogP contribution >= 0.6 is 11.3 Å². The summed E-state index contributed by atoms with van der Waals surface area (Å²) in [6, 6.07) is 5.42. The zero-order chi connectivity index (χ0) is 22.5. The molecule has 1 aliphatic rings. The van der Waals surface area contributed by atoms with E-state index in [-0.39, 0.29) is 11.6 Å². The SMILES string of the molecule is Cc1ccc(C)c(S(=O)(=O)N2CCN(C(C)c3nc4sc(C)c(C)c4c(=O)[nH]3)CC2)c1. The van der Waals surface area contributed by atoms with Crippen LogP contribution in [-0.2, 0) is 10.0 Å². The minimum absolute atomic E-state index is 0.106. The molecule has 0 radical (unpaired) electrons. The molecule has 1 aliphatic heterocycles. The third kappa shape index (κ3) is 3.95. The molecule has 1 aromatic carbocycles. The number of nitrogens with one attached hydrogen (secondary N) is 1. The lowest BCUT2D eigenvalue weighted by Gasteiger charge is -2.37. The van der Waals surface area contributed by atoms with E-state index in [1.807, 2.05) is 46.8 Å². The summed E-state index contributed by atoms with van der Waals surface area (Å²) in [6.45, 7) is 11.7. The number of H-pyrrole nitrogens is 1. The van der Waals surface area contributed by atoms with Crippen molar-refractivity contribution in [2.45, 2.75) is 45.6 Å². The molecule has 0 aliphatic carbocycles. The molecule has 0 saturated carbocycles. The van der Waals surface area contributed by atoms with Crippen LogP contribution in [0, 0.1) is 27.7 Å². The molecule has 2 aromatic heterocycles. The first-order valence-electron chi connectivity index (χ1n) is 10.4. The molecule has 31 heavy (non-hydrogen) atoms. The largest absolute Gasteiger partial charge is 0.309 e. The van der Waals surface area contributed by atoms with Crippen molar-refractivity contribution in [2.75, 3.05) is 26.2 Å². The van der Waals surface area contributed by atoms with E-state index in [9.17, 15) is 13.2 Å². The van der Waals surface area contributed by atoms with Crippen LogP contribution in [0.2, 0.25) is 0 Å². The summed E-state index contributed by atoms with van der Waals surface area (Å²) in [5, 5.41) is 0.669. The van der Waals surface area contributed by atoms with E-state index < -0.39 is 10.0 Å². The van der Waals surface area contributed by atoms with Crippen molar-refractivity contribution in [3.05, 3.63) is 55.9 Å². The zero-order valence-electron chi connectivity index (χ0n) is 18.5. The van der Waals surface area contributed by atoms with Gasteiger partial charge in [0.25, 0.3) is 5.56 Å². The first-order valence-corrected chi connectivity index (χ1v) is 12.7. The Morgan fingerprint density at radius 2 is 1.77 bits per heavy atom. The fourth-order valence-corrected chi connectivity index (χ4v) is 6.87. The number of benzene rings is 1. The van der Waals surface area contributed by atoms with Gasteiger partial charge in [-0.3, -0.25) is 9.69 Å². The van der Waals surface area contributed by atoms with E-state index in [0.717, 1.165) is 26.4 Å². The number of fused-ring (bicyclic) bond motifs is 1. The molecule has 166 valence electrons. The summed E-state index contributed by atoms with van der Waals surface area (Å²) in [4.78, 5) is 24.7. The highest BCUT2D eigenvalue weighted by atomic mass is 32.2. The molecule has 9 heteroatoms. The van der Waals surface area contributed by atoms with Crippen molar-refractivity contribution in [3.63, 3.8) is 0 Å².